The first-order valence-corrected chi connectivity index (χ1v) is 12.2. The van der Waals surface area contributed by atoms with Gasteiger partial charge in [0.05, 0.1) is 23.4 Å². The van der Waals surface area contributed by atoms with E-state index in [1.807, 2.05) is 13.1 Å². The topological polar surface area (TPSA) is 104 Å². The van der Waals surface area contributed by atoms with Crippen LogP contribution in [-0.2, 0) is 22.7 Å². The summed E-state index contributed by atoms with van der Waals surface area (Å²) in [5.41, 5.74) is 0. The van der Waals surface area contributed by atoms with E-state index < -0.39 is 15.9 Å². The molecular weight excluding hydrogens is 404 g/mol. The van der Waals surface area contributed by atoms with Gasteiger partial charge in [-0.1, -0.05) is 13.0 Å². The van der Waals surface area contributed by atoms with Gasteiger partial charge in [0.25, 0.3) is 0 Å². The van der Waals surface area contributed by atoms with Crippen LogP contribution in [0.1, 0.15) is 23.7 Å². The summed E-state index contributed by atoms with van der Waals surface area (Å²) in [5, 5.41) is 19.1. The molecule has 0 amide bonds. The Hall–Kier alpha value is -1.49. The van der Waals surface area contributed by atoms with Crippen molar-refractivity contribution in [1.29, 1.82) is 0 Å². The summed E-state index contributed by atoms with van der Waals surface area (Å²) < 4.78 is 24.7. The van der Waals surface area contributed by atoms with Crippen LogP contribution in [0.3, 0.4) is 0 Å². The van der Waals surface area contributed by atoms with Crippen LogP contribution in [0.25, 0.3) is 0 Å². The van der Waals surface area contributed by atoms with Gasteiger partial charge in [-0.3, -0.25) is 4.99 Å². The molecule has 0 saturated carbocycles. The van der Waals surface area contributed by atoms with Crippen LogP contribution in [0.2, 0.25) is 0 Å². The summed E-state index contributed by atoms with van der Waals surface area (Å²) in [6.07, 6.45) is 2.62. The SMILES string of the molecule is CCNC(=NCC(O)CS(=O)(=O)c1cccs1)NCCc1ncc(CC)s1. The number of guanidine groups is 1. The molecule has 3 N–H and O–H groups in total. The van der Waals surface area contributed by atoms with Gasteiger partial charge in [-0.25, -0.2) is 13.4 Å². The minimum atomic E-state index is -3.48. The van der Waals surface area contributed by atoms with Crippen molar-refractivity contribution < 1.29 is 13.5 Å². The highest BCUT2D eigenvalue weighted by Crippen LogP contribution is 2.18. The molecule has 0 fully saturated rings. The first-order valence-electron chi connectivity index (χ1n) is 8.84. The van der Waals surface area contributed by atoms with E-state index in [0.29, 0.717) is 19.0 Å². The maximum absolute atomic E-state index is 12.2. The number of thiophene rings is 1. The van der Waals surface area contributed by atoms with E-state index >= 15 is 0 Å². The summed E-state index contributed by atoms with van der Waals surface area (Å²) in [6.45, 7) is 5.40. The Balaban J connectivity index is 1.84. The number of hydrogen-bond donors (Lipinski definition) is 3. The van der Waals surface area contributed by atoms with Crippen LogP contribution in [0.15, 0.2) is 32.9 Å². The quantitative estimate of drug-likeness (QED) is 0.392. The number of thiazole rings is 1. The first-order chi connectivity index (χ1) is 12.9. The molecule has 2 aromatic rings. The second-order valence-electron chi connectivity index (χ2n) is 5.84. The van der Waals surface area contributed by atoms with Crippen LogP contribution in [0.5, 0.6) is 0 Å². The predicted molar refractivity (Wildman–Crippen MR) is 112 cm³/mol. The molecule has 0 aliphatic rings. The van der Waals surface area contributed by atoms with Crippen LogP contribution in [0, 0.1) is 0 Å². The lowest BCUT2D eigenvalue weighted by atomic mass is 10.4. The monoisotopic (exact) mass is 430 g/mol. The minimum absolute atomic E-state index is 0.0111. The molecule has 0 aliphatic carbocycles. The predicted octanol–water partition coefficient (Wildman–Crippen LogP) is 1.70. The lowest BCUT2D eigenvalue weighted by Gasteiger charge is -2.12. The first kappa shape index (κ1) is 21.8. The van der Waals surface area contributed by atoms with Crippen LogP contribution in [0.4, 0.5) is 0 Å². The molecule has 2 aromatic heterocycles. The molecule has 1 unspecified atom stereocenters. The molecule has 0 bridgehead atoms. The van der Waals surface area contributed by atoms with E-state index in [4.69, 9.17) is 0 Å². The van der Waals surface area contributed by atoms with Gasteiger partial charge in [0.2, 0.25) is 0 Å². The number of aryl methyl sites for hydroxylation is 1. The summed E-state index contributed by atoms with van der Waals surface area (Å²) in [4.78, 5) is 9.94. The normalized spacial score (nSPS) is 13.5. The number of nitrogens with one attached hydrogen (secondary N) is 2. The third-order valence-corrected chi connectivity index (χ3v) is 8.09. The van der Waals surface area contributed by atoms with Crippen molar-refractivity contribution in [2.24, 2.45) is 4.99 Å². The number of hydrogen-bond acceptors (Lipinski definition) is 7. The molecule has 2 heterocycles. The molecule has 27 heavy (non-hydrogen) atoms. The Morgan fingerprint density at radius 1 is 1.37 bits per heavy atom. The van der Waals surface area contributed by atoms with Gasteiger partial charge in [-0.2, -0.15) is 0 Å². The molecule has 10 heteroatoms. The number of nitrogens with zero attached hydrogens (tertiary/aromatic N) is 2. The lowest BCUT2D eigenvalue weighted by Crippen LogP contribution is -2.39. The zero-order valence-electron chi connectivity index (χ0n) is 15.5. The van der Waals surface area contributed by atoms with Gasteiger partial charge in [-0.05, 0) is 24.8 Å². The highest BCUT2D eigenvalue weighted by molar-refractivity contribution is 7.93. The fourth-order valence-electron chi connectivity index (χ4n) is 2.28. The van der Waals surface area contributed by atoms with E-state index in [-0.39, 0.29) is 16.5 Å². The third kappa shape index (κ3) is 7.21. The molecule has 0 radical (unpaired) electrons. The van der Waals surface area contributed by atoms with Crippen molar-refractivity contribution in [3.8, 4) is 0 Å². The van der Waals surface area contributed by atoms with Crippen molar-refractivity contribution >= 4 is 38.5 Å². The second kappa shape index (κ2) is 10.7. The van der Waals surface area contributed by atoms with Crippen molar-refractivity contribution in [1.82, 2.24) is 15.6 Å². The van der Waals surface area contributed by atoms with E-state index in [2.05, 4.69) is 27.5 Å². The summed E-state index contributed by atoms with van der Waals surface area (Å²) in [6, 6.07) is 3.23. The van der Waals surface area contributed by atoms with Crippen LogP contribution < -0.4 is 10.6 Å². The Morgan fingerprint density at radius 2 is 2.19 bits per heavy atom. The molecule has 7 nitrogen and oxygen atoms in total. The maximum Gasteiger partial charge on any atom is 0.191 e. The summed E-state index contributed by atoms with van der Waals surface area (Å²) >= 11 is 2.86. The molecule has 0 spiro atoms. The molecule has 2 rings (SSSR count). The van der Waals surface area contributed by atoms with E-state index in [0.717, 1.165) is 29.2 Å². The van der Waals surface area contributed by atoms with Crippen LogP contribution in [-0.4, -0.2) is 56.0 Å². The lowest BCUT2D eigenvalue weighted by molar-refractivity contribution is 0.206. The van der Waals surface area contributed by atoms with Gasteiger partial charge in [-0.15, -0.1) is 22.7 Å². The molecule has 150 valence electrons. The van der Waals surface area contributed by atoms with E-state index in [9.17, 15) is 13.5 Å². The van der Waals surface area contributed by atoms with E-state index in [1.165, 1.54) is 4.88 Å². The maximum atomic E-state index is 12.2. The zero-order valence-corrected chi connectivity index (χ0v) is 18.0. The van der Waals surface area contributed by atoms with Crippen molar-refractivity contribution in [2.75, 3.05) is 25.4 Å². The number of aliphatic hydroxyl groups excluding tert-OH is 1. The molecule has 1 atom stereocenters. The highest BCUT2D eigenvalue weighted by Gasteiger charge is 2.20. The fraction of sp³-hybridized carbons (Fsp3) is 0.529. The van der Waals surface area contributed by atoms with Gasteiger partial charge < -0.3 is 15.7 Å². The van der Waals surface area contributed by atoms with Crippen molar-refractivity contribution in [3.63, 3.8) is 0 Å². The van der Waals surface area contributed by atoms with Crippen LogP contribution >= 0.6 is 22.7 Å². The second-order valence-corrected chi connectivity index (χ2v) is 10.2. The summed E-state index contributed by atoms with van der Waals surface area (Å²) in [7, 11) is -3.48. The number of aliphatic imine (C=N–C) groups is 1. The Bertz CT molecular complexity index is 816. The van der Waals surface area contributed by atoms with Gasteiger partial charge in [0.15, 0.2) is 15.8 Å². The number of sulfone groups is 1. The van der Waals surface area contributed by atoms with Gasteiger partial charge in [0, 0.05) is 30.6 Å². The average molecular weight is 431 g/mol. The Labute approximate surface area is 168 Å². The standard InChI is InChI=1S/C17H26N4O3S3/c1-3-14-11-20-15(26-14)7-8-19-17(18-4-2)21-10-13(22)12-27(23,24)16-6-5-9-25-16/h5-6,9,11,13,22H,3-4,7-8,10,12H2,1-2H3,(H2,18,19,21). The smallest absolute Gasteiger partial charge is 0.191 e. The van der Waals surface area contributed by atoms with Crippen molar-refractivity contribution in [3.05, 3.63) is 33.6 Å². The zero-order chi connectivity index (χ0) is 19.7. The Kier molecular flexibility index (Phi) is 8.68. The van der Waals surface area contributed by atoms with E-state index in [1.54, 1.807) is 28.8 Å². The minimum Gasteiger partial charge on any atom is -0.390 e. The number of aliphatic hydroxyl groups is 1. The molecular formula is C17H26N4O3S3. The third-order valence-electron chi connectivity index (χ3n) is 3.60. The summed E-state index contributed by atoms with van der Waals surface area (Å²) in [5.74, 6) is 0.215. The van der Waals surface area contributed by atoms with Gasteiger partial charge >= 0.3 is 0 Å². The highest BCUT2D eigenvalue weighted by atomic mass is 32.2. The number of aromatic nitrogens is 1. The molecule has 0 aromatic carbocycles. The Morgan fingerprint density at radius 3 is 2.81 bits per heavy atom. The molecule has 0 aliphatic heterocycles. The largest absolute Gasteiger partial charge is 0.390 e. The number of rotatable bonds is 10. The van der Waals surface area contributed by atoms with Gasteiger partial charge in [0.1, 0.15) is 4.21 Å². The fourth-order valence-corrected chi connectivity index (χ4v) is 5.61. The van der Waals surface area contributed by atoms with Crippen molar-refractivity contribution in [2.45, 2.75) is 37.0 Å². The average Bonchev–Trinajstić information content (AvgIpc) is 3.31. The molecule has 0 saturated heterocycles.